The van der Waals surface area contributed by atoms with Crippen LogP contribution in [0.1, 0.15) is 101 Å². The first kappa shape index (κ1) is 27.0. The van der Waals surface area contributed by atoms with Crippen LogP contribution in [-0.4, -0.2) is 33.5 Å². The minimum absolute atomic E-state index is 0.148. The van der Waals surface area contributed by atoms with Crippen molar-refractivity contribution in [1.29, 1.82) is 0 Å². The Bertz CT molecular complexity index is 1140. The van der Waals surface area contributed by atoms with Crippen molar-refractivity contribution in [2.75, 3.05) is 6.61 Å². The normalized spacial score (nSPS) is 14.8. The first-order chi connectivity index (χ1) is 17.7. The Hall–Kier alpha value is -3.00. The second-order valence-corrected chi connectivity index (χ2v) is 11.4. The Labute approximate surface area is 219 Å². The molecule has 0 unspecified atom stereocenters. The summed E-state index contributed by atoms with van der Waals surface area (Å²) in [6, 6.07) is 10.1. The van der Waals surface area contributed by atoms with Gasteiger partial charge in [0, 0.05) is 24.5 Å². The molecule has 0 bridgehead atoms. The fraction of sp³-hybridized carbons (Fsp3) is 0.586. The molecule has 4 rings (SSSR count). The third-order valence-corrected chi connectivity index (χ3v) is 6.17. The number of esters is 1. The number of rotatable bonds is 13. The Morgan fingerprint density at radius 1 is 1.11 bits per heavy atom. The van der Waals surface area contributed by atoms with Crippen molar-refractivity contribution in [1.82, 2.24) is 15.3 Å². The van der Waals surface area contributed by atoms with Crippen LogP contribution in [-0.2, 0) is 27.3 Å². The van der Waals surface area contributed by atoms with E-state index < -0.39 is 5.60 Å². The molecular formula is C29H39N3O5. The summed E-state index contributed by atoms with van der Waals surface area (Å²) in [5.41, 5.74) is 2.41. The number of aromatic nitrogens is 3. The van der Waals surface area contributed by atoms with E-state index in [0.717, 1.165) is 42.5 Å². The van der Waals surface area contributed by atoms with E-state index in [0.29, 0.717) is 48.9 Å². The van der Waals surface area contributed by atoms with E-state index in [9.17, 15) is 4.79 Å². The summed E-state index contributed by atoms with van der Waals surface area (Å²) in [7, 11) is 0. The molecule has 0 N–H and O–H groups in total. The van der Waals surface area contributed by atoms with E-state index in [1.54, 1.807) is 0 Å². The molecule has 200 valence electrons. The maximum Gasteiger partial charge on any atom is 0.306 e. The number of hydrogen-bond donors (Lipinski definition) is 0. The summed E-state index contributed by atoms with van der Waals surface area (Å²) >= 11 is 0. The Kier molecular flexibility index (Phi) is 8.79. The Morgan fingerprint density at radius 2 is 1.86 bits per heavy atom. The highest BCUT2D eigenvalue weighted by atomic mass is 16.6. The largest absolute Gasteiger partial charge is 0.460 e. The first-order valence-corrected chi connectivity index (χ1v) is 13.4. The van der Waals surface area contributed by atoms with Gasteiger partial charge in [-0.3, -0.25) is 4.79 Å². The molecule has 0 saturated heterocycles. The summed E-state index contributed by atoms with van der Waals surface area (Å²) in [5, 5.41) is 8.65. The first-order valence-electron chi connectivity index (χ1n) is 13.4. The molecule has 2 heterocycles. The van der Waals surface area contributed by atoms with Crippen LogP contribution >= 0.6 is 0 Å². The van der Waals surface area contributed by atoms with E-state index in [1.807, 2.05) is 39.0 Å². The van der Waals surface area contributed by atoms with Gasteiger partial charge in [-0.2, -0.15) is 4.98 Å². The molecule has 8 heteroatoms. The van der Waals surface area contributed by atoms with Crippen LogP contribution in [0.3, 0.4) is 0 Å². The lowest BCUT2D eigenvalue weighted by Crippen LogP contribution is -2.25. The molecule has 2 aromatic heterocycles. The van der Waals surface area contributed by atoms with Crippen LogP contribution in [0.4, 0.5) is 0 Å². The zero-order valence-electron chi connectivity index (χ0n) is 22.7. The monoisotopic (exact) mass is 509 g/mol. The van der Waals surface area contributed by atoms with Crippen molar-refractivity contribution < 1.29 is 23.3 Å². The minimum atomic E-state index is -0.549. The predicted octanol–water partition coefficient (Wildman–Crippen LogP) is 6.61. The third kappa shape index (κ3) is 7.99. The molecular weight excluding hydrogens is 470 g/mol. The maximum atomic E-state index is 12.8. The lowest BCUT2D eigenvalue weighted by atomic mass is 9.90. The van der Waals surface area contributed by atoms with E-state index in [1.165, 1.54) is 0 Å². The summed E-state index contributed by atoms with van der Waals surface area (Å²) in [5.74, 6) is 1.93. The van der Waals surface area contributed by atoms with Crippen LogP contribution in [0.15, 0.2) is 39.4 Å². The van der Waals surface area contributed by atoms with Crippen molar-refractivity contribution in [3.05, 3.63) is 53.0 Å². The lowest BCUT2D eigenvalue weighted by molar-refractivity contribution is -0.155. The van der Waals surface area contributed by atoms with Gasteiger partial charge >= 0.3 is 5.97 Å². The molecule has 3 aromatic rings. The lowest BCUT2D eigenvalue weighted by Gasteiger charge is -2.22. The molecule has 1 aliphatic rings. The zero-order valence-corrected chi connectivity index (χ0v) is 22.7. The van der Waals surface area contributed by atoms with E-state index >= 15 is 0 Å². The average Bonchev–Trinajstić information content (AvgIpc) is 3.40. The van der Waals surface area contributed by atoms with Gasteiger partial charge in [-0.15, -0.1) is 0 Å². The SMILES string of the molecule is CC(C)Cc1nc(-c2onc([C@@H](CCCOCc3ccccc3)CC(=O)OC(C)(C)C)c2C2CC2)no1. The molecule has 1 saturated carbocycles. The van der Waals surface area contributed by atoms with Crippen molar-refractivity contribution in [2.24, 2.45) is 5.92 Å². The zero-order chi connectivity index (χ0) is 26.4. The molecule has 0 aliphatic heterocycles. The highest BCUT2D eigenvalue weighted by Crippen LogP contribution is 2.48. The highest BCUT2D eigenvalue weighted by Gasteiger charge is 2.37. The molecule has 1 aliphatic carbocycles. The second-order valence-electron chi connectivity index (χ2n) is 11.4. The van der Waals surface area contributed by atoms with Crippen molar-refractivity contribution in [3.8, 4) is 11.6 Å². The van der Waals surface area contributed by atoms with Gasteiger partial charge < -0.3 is 18.5 Å². The molecule has 37 heavy (non-hydrogen) atoms. The van der Waals surface area contributed by atoms with E-state index in [2.05, 4.69) is 41.3 Å². The summed E-state index contributed by atoms with van der Waals surface area (Å²) in [6.45, 7) is 11.0. The Morgan fingerprint density at radius 3 is 2.54 bits per heavy atom. The molecule has 0 spiro atoms. The van der Waals surface area contributed by atoms with Gasteiger partial charge in [0.15, 0.2) is 0 Å². The number of hydrogen-bond acceptors (Lipinski definition) is 8. The van der Waals surface area contributed by atoms with Gasteiger partial charge in [0.1, 0.15) is 5.60 Å². The molecule has 0 amide bonds. The molecule has 8 nitrogen and oxygen atoms in total. The summed E-state index contributed by atoms with van der Waals surface area (Å²) < 4.78 is 22.8. The smallest absolute Gasteiger partial charge is 0.306 e. The van der Waals surface area contributed by atoms with Crippen LogP contribution in [0.5, 0.6) is 0 Å². The molecule has 0 radical (unpaired) electrons. The van der Waals surface area contributed by atoms with Gasteiger partial charge in [-0.05, 0) is 63.9 Å². The van der Waals surface area contributed by atoms with Crippen LogP contribution < -0.4 is 0 Å². The second kappa shape index (κ2) is 12.0. The molecule has 1 atom stereocenters. The fourth-order valence-electron chi connectivity index (χ4n) is 4.43. The van der Waals surface area contributed by atoms with Gasteiger partial charge in [0.05, 0.1) is 18.7 Å². The summed E-state index contributed by atoms with van der Waals surface area (Å²) in [6.07, 6.45) is 4.55. The van der Waals surface area contributed by atoms with E-state index in [4.69, 9.17) is 18.5 Å². The van der Waals surface area contributed by atoms with Crippen molar-refractivity contribution >= 4 is 5.97 Å². The quantitative estimate of drug-likeness (QED) is 0.187. The van der Waals surface area contributed by atoms with Gasteiger partial charge in [-0.25, -0.2) is 0 Å². The standard InChI is InChI=1S/C29H39N3O5/c1-19(2)16-23-30-28(32-36-23)27-25(21-13-14-21)26(31-37-27)22(17-24(33)35-29(3,4)5)12-9-15-34-18-20-10-7-6-8-11-20/h6-8,10-11,19,21-22H,9,12-18H2,1-5H3/t22-/m0/s1. The average molecular weight is 510 g/mol. The summed E-state index contributed by atoms with van der Waals surface area (Å²) in [4.78, 5) is 17.4. The van der Waals surface area contributed by atoms with Crippen LogP contribution in [0, 0.1) is 5.92 Å². The van der Waals surface area contributed by atoms with Gasteiger partial charge in [0.25, 0.3) is 0 Å². The predicted molar refractivity (Wildman–Crippen MR) is 139 cm³/mol. The number of carbonyl (C=O) groups is 1. The number of nitrogens with zero attached hydrogens (tertiary/aromatic N) is 3. The van der Waals surface area contributed by atoms with E-state index in [-0.39, 0.29) is 18.3 Å². The highest BCUT2D eigenvalue weighted by molar-refractivity contribution is 5.71. The minimum Gasteiger partial charge on any atom is -0.460 e. The third-order valence-electron chi connectivity index (χ3n) is 6.17. The molecule has 1 fully saturated rings. The van der Waals surface area contributed by atoms with Crippen molar-refractivity contribution in [3.63, 3.8) is 0 Å². The number of ether oxygens (including phenoxy) is 2. The number of carbonyl (C=O) groups excluding carboxylic acids is 1. The fourth-order valence-corrected chi connectivity index (χ4v) is 4.43. The van der Waals surface area contributed by atoms with Gasteiger partial charge in [-0.1, -0.05) is 54.5 Å². The van der Waals surface area contributed by atoms with Crippen LogP contribution in [0.2, 0.25) is 0 Å². The Balaban J connectivity index is 1.50. The molecule has 1 aromatic carbocycles. The van der Waals surface area contributed by atoms with Crippen LogP contribution in [0.25, 0.3) is 11.6 Å². The number of benzene rings is 1. The van der Waals surface area contributed by atoms with Crippen molar-refractivity contribution in [2.45, 2.75) is 97.2 Å². The maximum absolute atomic E-state index is 12.8. The topological polar surface area (TPSA) is 100 Å². The van der Waals surface area contributed by atoms with Gasteiger partial charge in [0.2, 0.25) is 17.5 Å².